The number of nitrogens with one attached hydrogen (secondary N) is 1. The van der Waals surface area contributed by atoms with E-state index >= 15 is 0 Å². The third kappa shape index (κ3) is 3.79. The van der Waals surface area contributed by atoms with Crippen LogP contribution in [0.4, 0.5) is 17.6 Å². The zero-order valence-corrected chi connectivity index (χ0v) is 10.9. The molecule has 6 nitrogen and oxygen atoms in total. The Morgan fingerprint density at radius 2 is 1.95 bits per heavy atom. The summed E-state index contributed by atoms with van der Waals surface area (Å²) in [6.45, 7) is -0.994. The number of carbonyl (C=O) groups is 1. The van der Waals surface area contributed by atoms with E-state index in [4.69, 9.17) is 5.11 Å². The average molecular weight is 318 g/mol. The number of hydrogen-bond donors (Lipinski definition) is 2. The van der Waals surface area contributed by atoms with Gasteiger partial charge in [0.15, 0.2) is 11.8 Å². The highest BCUT2D eigenvalue weighted by Gasteiger charge is 2.38. The normalized spacial score (nSPS) is 13.0. The van der Waals surface area contributed by atoms with Crippen LogP contribution in [-0.4, -0.2) is 44.8 Å². The van der Waals surface area contributed by atoms with Gasteiger partial charge in [-0.2, -0.15) is 13.2 Å². The quantitative estimate of drug-likeness (QED) is 0.826. The summed E-state index contributed by atoms with van der Waals surface area (Å²) < 4.78 is 50.2. The highest BCUT2D eigenvalue weighted by molar-refractivity contribution is 5.91. The summed E-state index contributed by atoms with van der Waals surface area (Å²) in [7, 11) is 0. The summed E-state index contributed by atoms with van der Waals surface area (Å²) in [5.74, 6) is -1.38. The molecule has 0 aliphatic carbocycles. The first-order valence-corrected chi connectivity index (χ1v) is 5.98. The number of aromatic nitrogens is 3. The third-order valence-corrected chi connectivity index (χ3v) is 2.65. The lowest BCUT2D eigenvalue weighted by atomic mass is 10.3. The van der Waals surface area contributed by atoms with Crippen LogP contribution in [0.5, 0.6) is 0 Å². The molecule has 0 fully saturated rings. The van der Waals surface area contributed by atoms with E-state index in [2.05, 4.69) is 10.3 Å². The van der Waals surface area contributed by atoms with Gasteiger partial charge in [0.05, 0.1) is 18.4 Å². The number of halogens is 4. The summed E-state index contributed by atoms with van der Waals surface area (Å²) in [4.78, 5) is 11.6. The van der Waals surface area contributed by atoms with Crippen LogP contribution in [0, 0.1) is 5.82 Å². The number of benzene rings is 1. The number of aliphatic hydroxyl groups excluding tert-OH is 1. The van der Waals surface area contributed by atoms with Gasteiger partial charge in [-0.15, -0.1) is 5.10 Å². The first-order valence-electron chi connectivity index (χ1n) is 5.98. The molecule has 0 aliphatic rings. The number of rotatable bonds is 4. The predicted octanol–water partition coefficient (Wildman–Crippen LogP) is 1.06. The zero-order chi connectivity index (χ0) is 16.3. The summed E-state index contributed by atoms with van der Waals surface area (Å²) in [5.41, 5.74) is 0.182. The van der Waals surface area contributed by atoms with Gasteiger partial charge >= 0.3 is 6.18 Å². The lowest BCUT2D eigenvalue weighted by Gasteiger charge is -2.14. The molecule has 1 aromatic heterocycles. The predicted molar refractivity (Wildman–Crippen MR) is 65.7 cm³/mol. The van der Waals surface area contributed by atoms with Crippen LogP contribution >= 0.6 is 0 Å². The van der Waals surface area contributed by atoms with Gasteiger partial charge in [-0.05, 0) is 24.3 Å². The van der Waals surface area contributed by atoms with Crippen molar-refractivity contribution in [2.45, 2.75) is 12.3 Å². The smallest absolute Gasteiger partial charge is 0.382 e. The molecule has 0 radical (unpaired) electrons. The molecule has 2 rings (SSSR count). The number of nitrogens with zero attached hydrogens (tertiary/aromatic N) is 3. The molecular weight excluding hydrogens is 308 g/mol. The third-order valence-electron chi connectivity index (χ3n) is 2.65. The van der Waals surface area contributed by atoms with Crippen molar-refractivity contribution < 1.29 is 27.5 Å². The topological polar surface area (TPSA) is 80.0 Å². The maximum absolute atomic E-state index is 12.8. The molecule has 22 heavy (non-hydrogen) atoms. The highest BCUT2D eigenvalue weighted by atomic mass is 19.4. The average Bonchev–Trinajstić information content (AvgIpc) is 2.94. The second-order valence-electron chi connectivity index (χ2n) is 4.29. The Balaban J connectivity index is 2.02. The number of hydrogen-bond acceptors (Lipinski definition) is 4. The summed E-state index contributed by atoms with van der Waals surface area (Å²) in [5, 5.41) is 17.8. The van der Waals surface area contributed by atoms with Gasteiger partial charge in [0, 0.05) is 0 Å². The second kappa shape index (κ2) is 6.10. The Bertz CT molecular complexity index is 654. The minimum Gasteiger partial charge on any atom is -0.382 e. The van der Waals surface area contributed by atoms with E-state index in [-0.39, 0.29) is 5.69 Å². The molecule has 1 heterocycles. The lowest BCUT2D eigenvalue weighted by molar-refractivity contribution is -0.201. The van der Waals surface area contributed by atoms with E-state index in [1.54, 1.807) is 0 Å². The molecule has 1 unspecified atom stereocenters. The van der Waals surface area contributed by atoms with Crippen LogP contribution in [0.15, 0.2) is 30.5 Å². The molecule has 2 aromatic rings. The van der Waals surface area contributed by atoms with Gasteiger partial charge in [-0.3, -0.25) is 4.79 Å². The Kier molecular flexibility index (Phi) is 4.40. The van der Waals surface area contributed by atoms with Crippen LogP contribution in [0.1, 0.15) is 10.5 Å². The fourth-order valence-corrected chi connectivity index (χ4v) is 1.48. The molecule has 1 aromatic carbocycles. The van der Waals surface area contributed by atoms with Gasteiger partial charge in [0.2, 0.25) is 0 Å². The molecule has 0 saturated heterocycles. The van der Waals surface area contributed by atoms with Crippen molar-refractivity contribution in [1.82, 2.24) is 20.3 Å². The first-order chi connectivity index (χ1) is 10.3. The van der Waals surface area contributed by atoms with Crippen LogP contribution < -0.4 is 5.32 Å². The van der Waals surface area contributed by atoms with Gasteiger partial charge in [0.25, 0.3) is 5.91 Å². The van der Waals surface area contributed by atoms with Crippen molar-refractivity contribution in [2.24, 2.45) is 0 Å². The highest BCUT2D eigenvalue weighted by Crippen LogP contribution is 2.19. The van der Waals surface area contributed by atoms with Crippen molar-refractivity contribution in [3.05, 3.63) is 42.0 Å². The molecule has 1 amide bonds. The number of carbonyl (C=O) groups excluding carboxylic acids is 1. The minimum absolute atomic E-state index is 0.237. The van der Waals surface area contributed by atoms with Gasteiger partial charge in [0.1, 0.15) is 5.82 Å². The van der Waals surface area contributed by atoms with E-state index < -0.39 is 30.5 Å². The Hall–Kier alpha value is -2.49. The summed E-state index contributed by atoms with van der Waals surface area (Å²) in [6, 6.07) is 5.13. The molecule has 0 saturated carbocycles. The monoisotopic (exact) mass is 318 g/mol. The van der Waals surface area contributed by atoms with Gasteiger partial charge < -0.3 is 10.4 Å². The van der Waals surface area contributed by atoms with Crippen molar-refractivity contribution in [3.63, 3.8) is 0 Å². The fraction of sp³-hybridized carbons (Fsp3) is 0.250. The molecule has 118 valence electrons. The number of amides is 1. The fourth-order valence-electron chi connectivity index (χ4n) is 1.48. The molecule has 1 atom stereocenters. The van der Waals surface area contributed by atoms with Crippen LogP contribution in [-0.2, 0) is 0 Å². The standard InChI is InChI=1S/C12H10F4N4O2/c13-7-1-3-8(4-2-7)20-6-9(18-19-20)11(22)17-5-10(21)12(14,15)16/h1-4,6,10,21H,5H2,(H,17,22). The minimum atomic E-state index is -4.82. The van der Waals surface area contributed by atoms with E-state index in [9.17, 15) is 22.4 Å². The van der Waals surface area contributed by atoms with Crippen molar-refractivity contribution in [2.75, 3.05) is 6.54 Å². The Labute approximate surface area is 121 Å². The molecule has 10 heteroatoms. The van der Waals surface area contributed by atoms with E-state index in [0.29, 0.717) is 5.69 Å². The SMILES string of the molecule is O=C(NCC(O)C(F)(F)F)c1cn(-c2ccc(F)cc2)nn1. The van der Waals surface area contributed by atoms with E-state index in [0.717, 1.165) is 4.68 Å². The zero-order valence-electron chi connectivity index (χ0n) is 10.9. The van der Waals surface area contributed by atoms with Crippen molar-refractivity contribution in [1.29, 1.82) is 0 Å². The second-order valence-corrected chi connectivity index (χ2v) is 4.29. The Morgan fingerprint density at radius 1 is 1.32 bits per heavy atom. The molecule has 0 bridgehead atoms. The molecule has 0 spiro atoms. The lowest BCUT2D eigenvalue weighted by Crippen LogP contribution is -2.40. The number of alkyl halides is 3. The molecular formula is C12H10F4N4O2. The van der Waals surface area contributed by atoms with Crippen LogP contribution in [0.2, 0.25) is 0 Å². The van der Waals surface area contributed by atoms with Crippen LogP contribution in [0.3, 0.4) is 0 Å². The first kappa shape index (κ1) is 15.9. The van der Waals surface area contributed by atoms with Crippen molar-refractivity contribution in [3.8, 4) is 5.69 Å². The number of aliphatic hydroxyl groups is 1. The largest absolute Gasteiger partial charge is 0.416 e. The molecule has 2 N–H and O–H groups in total. The maximum atomic E-state index is 12.8. The maximum Gasteiger partial charge on any atom is 0.416 e. The van der Waals surface area contributed by atoms with Crippen molar-refractivity contribution >= 4 is 5.91 Å². The van der Waals surface area contributed by atoms with E-state index in [1.807, 2.05) is 5.32 Å². The van der Waals surface area contributed by atoms with Gasteiger partial charge in [-0.25, -0.2) is 9.07 Å². The van der Waals surface area contributed by atoms with Crippen LogP contribution in [0.25, 0.3) is 5.69 Å². The Morgan fingerprint density at radius 3 is 2.55 bits per heavy atom. The van der Waals surface area contributed by atoms with Gasteiger partial charge in [-0.1, -0.05) is 5.21 Å². The summed E-state index contributed by atoms with van der Waals surface area (Å²) in [6.07, 6.45) is -6.31. The summed E-state index contributed by atoms with van der Waals surface area (Å²) >= 11 is 0. The molecule has 0 aliphatic heterocycles. The van der Waals surface area contributed by atoms with E-state index in [1.165, 1.54) is 30.5 Å².